The van der Waals surface area contributed by atoms with E-state index in [-0.39, 0.29) is 24.2 Å². The zero-order chi connectivity index (χ0) is 27.1. The number of fused-ring (bicyclic) bond motifs is 5. The summed E-state index contributed by atoms with van der Waals surface area (Å²) in [6.45, 7) is 13.2. The molecule has 1 aromatic rings. The van der Waals surface area contributed by atoms with Crippen LogP contribution in [0.2, 0.25) is 0 Å². The molecule has 0 bridgehead atoms. The topological polar surface area (TPSA) is 43.7 Å². The van der Waals surface area contributed by atoms with E-state index in [2.05, 4.69) is 69.9 Å². The lowest BCUT2D eigenvalue weighted by Gasteiger charge is -2.60. The fraction of sp³-hybridized carbons (Fsp3) is 0.771. The van der Waals surface area contributed by atoms with Gasteiger partial charge in [0.1, 0.15) is 0 Å². The van der Waals surface area contributed by atoms with E-state index in [1.54, 1.807) is 0 Å². The van der Waals surface area contributed by atoms with Crippen LogP contribution in [0, 0.1) is 46.3 Å². The number of hydrogen-bond donors (Lipinski definition) is 2. The number of hydrogen-bond acceptors (Lipinski definition) is 3. The lowest BCUT2D eigenvalue weighted by atomic mass is 9.46. The van der Waals surface area contributed by atoms with E-state index in [1.807, 2.05) is 6.07 Å². The Bertz CT molecular complexity index is 958. The molecule has 3 heteroatoms. The summed E-state index contributed by atoms with van der Waals surface area (Å²) in [7, 11) is 0. The first-order valence-corrected chi connectivity index (χ1v) is 16.0. The van der Waals surface area contributed by atoms with Crippen molar-refractivity contribution in [3.63, 3.8) is 0 Å². The van der Waals surface area contributed by atoms with Gasteiger partial charge in [0, 0.05) is 12.2 Å². The minimum absolute atomic E-state index is 0.0325. The van der Waals surface area contributed by atoms with Gasteiger partial charge in [0.2, 0.25) is 0 Å². The van der Waals surface area contributed by atoms with Crippen molar-refractivity contribution in [2.24, 2.45) is 46.3 Å². The van der Waals surface area contributed by atoms with Crippen molar-refractivity contribution < 1.29 is 10.2 Å². The largest absolute Gasteiger partial charge is 0.395 e. The third kappa shape index (κ3) is 4.89. The molecular formula is C35H55NO2. The summed E-state index contributed by atoms with van der Waals surface area (Å²) in [5.74, 6) is 4.91. The molecule has 9 atom stereocenters. The standard InChI is InChI=1S/C35H55NO2/c1-24(2)10-9-11-25(3)28-16-17-29-27-14-15-31-33(36(22-23-37)26-12-7-6-8-13-26)32(38)19-21-35(31,5)30(27)18-20-34(28,29)4/h6-8,12-13,15,24-25,27-30,32-33,37-38H,9-11,14,16-23H2,1-5H3/t25-,27+,28-,29+,30+,32+,33?,34-,35-/m1/s1. The molecule has 4 aliphatic carbocycles. The summed E-state index contributed by atoms with van der Waals surface area (Å²) in [5, 5.41) is 21.4. The Morgan fingerprint density at radius 1 is 0.947 bits per heavy atom. The molecule has 3 fully saturated rings. The van der Waals surface area contributed by atoms with E-state index in [0.717, 1.165) is 54.0 Å². The van der Waals surface area contributed by atoms with Gasteiger partial charge in [-0.15, -0.1) is 0 Å². The minimum atomic E-state index is -0.381. The number of rotatable bonds is 9. The highest BCUT2D eigenvalue weighted by Crippen LogP contribution is 2.67. The molecule has 5 rings (SSSR count). The number of aliphatic hydroxyl groups is 2. The van der Waals surface area contributed by atoms with E-state index in [0.29, 0.717) is 12.0 Å². The van der Waals surface area contributed by atoms with Crippen LogP contribution >= 0.6 is 0 Å². The van der Waals surface area contributed by atoms with Crippen molar-refractivity contribution in [1.29, 1.82) is 0 Å². The van der Waals surface area contributed by atoms with Crippen molar-refractivity contribution in [3.05, 3.63) is 42.0 Å². The molecule has 38 heavy (non-hydrogen) atoms. The van der Waals surface area contributed by atoms with E-state index in [4.69, 9.17) is 0 Å². The molecule has 0 heterocycles. The van der Waals surface area contributed by atoms with Crippen LogP contribution in [0.15, 0.2) is 42.0 Å². The first kappa shape index (κ1) is 28.2. The lowest BCUT2D eigenvalue weighted by Crippen LogP contribution is -2.58. The van der Waals surface area contributed by atoms with E-state index >= 15 is 0 Å². The van der Waals surface area contributed by atoms with Gasteiger partial charge < -0.3 is 15.1 Å². The molecule has 0 saturated heterocycles. The van der Waals surface area contributed by atoms with Gasteiger partial charge in [0.05, 0.1) is 18.8 Å². The molecule has 0 radical (unpaired) electrons. The third-order valence-electron chi connectivity index (χ3n) is 12.1. The molecule has 1 unspecified atom stereocenters. The monoisotopic (exact) mass is 521 g/mol. The van der Waals surface area contributed by atoms with Crippen LogP contribution < -0.4 is 4.90 Å². The summed E-state index contributed by atoms with van der Waals surface area (Å²) in [6.07, 6.45) is 15.1. The second kappa shape index (κ2) is 11.3. The highest BCUT2D eigenvalue weighted by Gasteiger charge is 2.60. The average molecular weight is 522 g/mol. The van der Waals surface area contributed by atoms with Gasteiger partial charge in [-0.2, -0.15) is 0 Å². The Kier molecular flexibility index (Phi) is 8.38. The summed E-state index contributed by atoms with van der Waals surface area (Å²) in [5.41, 5.74) is 3.23. The fourth-order valence-corrected chi connectivity index (χ4v) is 10.3. The zero-order valence-electron chi connectivity index (χ0n) is 24.9. The summed E-state index contributed by atoms with van der Waals surface area (Å²) in [4.78, 5) is 2.30. The number of anilines is 1. The second-order valence-electron chi connectivity index (χ2n) is 14.5. The minimum Gasteiger partial charge on any atom is -0.395 e. The number of allylic oxidation sites excluding steroid dienone is 1. The van der Waals surface area contributed by atoms with Crippen LogP contribution in [0.5, 0.6) is 0 Å². The third-order valence-corrected chi connectivity index (χ3v) is 12.1. The van der Waals surface area contributed by atoms with Gasteiger partial charge in [-0.1, -0.05) is 78.2 Å². The van der Waals surface area contributed by atoms with Crippen LogP contribution in [0.3, 0.4) is 0 Å². The van der Waals surface area contributed by atoms with Crippen LogP contribution in [0.25, 0.3) is 0 Å². The first-order valence-electron chi connectivity index (χ1n) is 16.0. The number of benzene rings is 1. The molecule has 0 spiro atoms. The Morgan fingerprint density at radius 2 is 1.71 bits per heavy atom. The molecule has 0 amide bonds. The van der Waals surface area contributed by atoms with Gasteiger partial charge in [0.25, 0.3) is 0 Å². The Balaban J connectivity index is 1.40. The molecule has 1 aromatic carbocycles. The lowest BCUT2D eigenvalue weighted by molar-refractivity contribution is -0.0602. The van der Waals surface area contributed by atoms with E-state index in [9.17, 15) is 10.2 Å². The Labute approximate surface area is 233 Å². The molecule has 3 saturated carbocycles. The maximum Gasteiger partial charge on any atom is 0.0782 e. The van der Waals surface area contributed by atoms with Crippen molar-refractivity contribution in [3.8, 4) is 0 Å². The van der Waals surface area contributed by atoms with Gasteiger partial charge in [-0.05, 0) is 109 Å². The fourth-order valence-electron chi connectivity index (χ4n) is 10.3. The highest BCUT2D eigenvalue weighted by atomic mass is 16.3. The molecule has 2 N–H and O–H groups in total. The van der Waals surface area contributed by atoms with Gasteiger partial charge in [-0.3, -0.25) is 0 Å². The van der Waals surface area contributed by atoms with E-state index < -0.39 is 0 Å². The predicted molar refractivity (Wildman–Crippen MR) is 159 cm³/mol. The molecule has 4 aliphatic rings. The summed E-state index contributed by atoms with van der Waals surface area (Å²) < 4.78 is 0. The zero-order valence-corrected chi connectivity index (χ0v) is 24.9. The van der Waals surface area contributed by atoms with Gasteiger partial charge in [-0.25, -0.2) is 0 Å². The van der Waals surface area contributed by atoms with Crippen LogP contribution in [-0.4, -0.2) is 35.5 Å². The highest BCUT2D eigenvalue weighted by molar-refractivity contribution is 5.51. The Hall–Kier alpha value is -1.32. The van der Waals surface area contributed by atoms with Crippen molar-refractivity contribution in [2.75, 3.05) is 18.1 Å². The summed E-state index contributed by atoms with van der Waals surface area (Å²) >= 11 is 0. The second-order valence-corrected chi connectivity index (χ2v) is 14.5. The maximum absolute atomic E-state index is 11.4. The average Bonchev–Trinajstić information content (AvgIpc) is 3.25. The smallest absolute Gasteiger partial charge is 0.0782 e. The normalized spacial score (nSPS) is 39.2. The van der Waals surface area contributed by atoms with Crippen molar-refractivity contribution in [1.82, 2.24) is 0 Å². The van der Waals surface area contributed by atoms with Crippen LogP contribution in [-0.2, 0) is 0 Å². The first-order chi connectivity index (χ1) is 18.2. The SMILES string of the molecule is CC(C)CCC[C@@H](C)[C@H]1CC[C@H]2[C@@H]3CC=C4C(N(CCO)c5ccccc5)[C@@H](O)CC[C@]4(C)[C@H]3CC[C@]12C. The molecule has 0 aromatic heterocycles. The maximum atomic E-state index is 11.4. The van der Waals surface area contributed by atoms with Crippen LogP contribution in [0.4, 0.5) is 5.69 Å². The Morgan fingerprint density at radius 3 is 2.42 bits per heavy atom. The molecular weight excluding hydrogens is 466 g/mol. The number of para-hydroxylation sites is 1. The molecule has 0 aliphatic heterocycles. The van der Waals surface area contributed by atoms with E-state index in [1.165, 1.54) is 56.9 Å². The number of nitrogens with zero attached hydrogens (tertiary/aromatic N) is 1. The van der Waals surface area contributed by atoms with Crippen LogP contribution in [0.1, 0.15) is 98.8 Å². The number of aliphatic hydroxyl groups excluding tert-OH is 2. The molecule has 3 nitrogen and oxygen atoms in total. The van der Waals surface area contributed by atoms with Crippen molar-refractivity contribution in [2.45, 2.75) is 111 Å². The summed E-state index contributed by atoms with van der Waals surface area (Å²) in [6, 6.07) is 10.4. The van der Waals surface area contributed by atoms with Gasteiger partial charge in [0.15, 0.2) is 0 Å². The quantitative estimate of drug-likeness (QED) is 0.325. The molecule has 212 valence electrons. The van der Waals surface area contributed by atoms with Crippen molar-refractivity contribution >= 4 is 5.69 Å². The van der Waals surface area contributed by atoms with Gasteiger partial charge >= 0.3 is 0 Å². The predicted octanol–water partition coefficient (Wildman–Crippen LogP) is 7.87.